The number of thiophene rings is 1. The van der Waals surface area contributed by atoms with Gasteiger partial charge in [0.05, 0.1) is 21.5 Å². The second-order valence-corrected chi connectivity index (χ2v) is 17.8. The molecule has 0 amide bonds. The average Bonchev–Trinajstić information content (AvgIpc) is 3.92. The molecule has 10 aromatic rings. The third-order valence-electron chi connectivity index (χ3n) is 13.4. The highest BCUT2D eigenvalue weighted by Crippen LogP contribution is 2.60. The molecule has 284 valence electrons. The number of fused-ring (bicyclic) bond motifs is 9. The molecule has 60 heavy (non-hydrogen) atoms. The molecular formula is C58H41NS. The smallest absolute Gasteiger partial charge is 0.0727 e. The van der Waals surface area contributed by atoms with Crippen LogP contribution in [0.5, 0.6) is 0 Å². The molecule has 0 atom stereocenters. The molecule has 0 unspecified atom stereocenters. The zero-order valence-electron chi connectivity index (χ0n) is 33.6. The van der Waals surface area contributed by atoms with E-state index in [1.807, 2.05) is 11.3 Å². The van der Waals surface area contributed by atoms with Gasteiger partial charge in [-0.1, -0.05) is 202 Å². The van der Waals surface area contributed by atoms with Crippen LogP contribution in [0.3, 0.4) is 0 Å². The fraction of sp³-hybridized carbons (Fsp3) is 0.0690. The minimum Gasteiger partial charge on any atom is -0.308 e. The van der Waals surface area contributed by atoms with Crippen LogP contribution in [0.15, 0.2) is 212 Å². The van der Waals surface area contributed by atoms with E-state index >= 15 is 0 Å². The molecule has 0 saturated heterocycles. The van der Waals surface area contributed by atoms with Crippen LogP contribution in [0, 0.1) is 0 Å². The Morgan fingerprint density at radius 1 is 0.367 bits per heavy atom. The first kappa shape index (κ1) is 35.0. The van der Waals surface area contributed by atoms with Gasteiger partial charge in [0.25, 0.3) is 0 Å². The van der Waals surface area contributed by atoms with Gasteiger partial charge < -0.3 is 4.90 Å². The Hall–Kier alpha value is -7.00. The summed E-state index contributed by atoms with van der Waals surface area (Å²) in [6.45, 7) is 4.74. The summed E-state index contributed by atoms with van der Waals surface area (Å²) in [6.07, 6.45) is 0. The molecule has 0 spiro atoms. The van der Waals surface area contributed by atoms with Crippen molar-refractivity contribution in [2.75, 3.05) is 4.90 Å². The molecule has 9 aromatic carbocycles. The highest BCUT2D eigenvalue weighted by atomic mass is 32.1. The number of rotatable bonds is 6. The monoisotopic (exact) mass is 783 g/mol. The van der Waals surface area contributed by atoms with Crippen molar-refractivity contribution in [3.8, 4) is 33.4 Å². The van der Waals surface area contributed by atoms with E-state index in [1.165, 1.54) is 98.3 Å². The van der Waals surface area contributed by atoms with Gasteiger partial charge >= 0.3 is 0 Å². The van der Waals surface area contributed by atoms with Crippen molar-refractivity contribution >= 4 is 48.6 Å². The predicted octanol–water partition coefficient (Wildman–Crippen LogP) is 15.9. The average molecular weight is 784 g/mol. The van der Waals surface area contributed by atoms with E-state index in [-0.39, 0.29) is 5.41 Å². The van der Waals surface area contributed by atoms with E-state index in [9.17, 15) is 0 Å². The van der Waals surface area contributed by atoms with Gasteiger partial charge in [0.1, 0.15) is 0 Å². The molecule has 1 nitrogen and oxygen atoms in total. The van der Waals surface area contributed by atoms with Crippen LogP contribution in [-0.2, 0) is 10.8 Å². The van der Waals surface area contributed by atoms with Crippen LogP contribution >= 0.6 is 11.3 Å². The molecule has 2 aliphatic carbocycles. The molecule has 0 radical (unpaired) electrons. The first-order chi connectivity index (χ1) is 29.5. The minimum absolute atomic E-state index is 0.122. The van der Waals surface area contributed by atoms with E-state index in [2.05, 4.69) is 231 Å². The Morgan fingerprint density at radius 3 is 1.57 bits per heavy atom. The Bertz CT molecular complexity index is 3240. The van der Waals surface area contributed by atoms with Crippen molar-refractivity contribution in [3.05, 3.63) is 246 Å². The molecule has 1 heterocycles. The standard InChI is InChI=1S/C58H41NS/c1-57(2)47-27-12-11-24-46(47)54-50(57)30-17-32-52(54)59(41-36-34-39(35-37-41)38-18-5-3-6-19-38)53-33-16-26-45-44-25-15-31-51(55(44)60-56(45)53)58(40-20-7-4-8-21-40)48-28-13-9-22-42(48)43-23-10-14-29-49(43)58/h3-37H,1-2H3. The molecule has 1 aromatic heterocycles. The summed E-state index contributed by atoms with van der Waals surface area (Å²) in [5, 5.41) is 2.56. The second kappa shape index (κ2) is 13.3. The number of nitrogens with zero attached hydrogens (tertiary/aromatic N) is 1. The normalized spacial score (nSPS) is 14.1. The molecule has 0 bridgehead atoms. The molecule has 2 heteroatoms. The number of anilines is 3. The van der Waals surface area contributed by atoms with Gasteiger partial charge in [-0.3, -0.25) is 0 Å². The second-order valence-electron chi connectivity index (χ2n) is 16.8. The largest absolute Gasteiger partial charge is 0.308 e. The maximum atomic E-state index is 2.54. The highest BCUT2D eigenvalue weighted by Gasteiger charge is 2.47. The molecular weight excluding hydrogens is 743 g/mol. The lowest BCUT2D eigenvalue weighted by molar-refractivity contribution is 0.660. The minimum atomic E-state index is -0.489. The number of benzene rings is 9. The fourth-order valence-corrected chi connectivity index (χ4v) is 12.1. The van der Waals surface area contributed by atoms with Gasteiger partial charge in [0.15, 0.2) is 0 Å². The number of hydrogen-bond donors (Lipinski definition) is 0. The molecule has 0 aliphatic heterocycles. The van der Waals surface area contributed by atoms with Crippen LogP contribution < -0.4 is 4.90 Å². The van der Waals surface area contributed by atoms with E-state index in [0.717, 1.165) is 5.69 Å². The van der Waals surface area contributed by atoms with Gasteiger partial charge in [-0.2, -0.15) is 0 Å². The summed E-state index contributed by atoms with van der Waals surface area (Å²) in [4.78, 5) is 2.54. The van der Waals surface area contributed by atoms with Crippen LogP contribution in [0.2, 0.25) is 0 Å². The third-order valence-corrected chi connectivity index (χ3v) is 14.6. The van der Waals surface area contributed by atoms with Crippen molar-refractivity contribution in [2.24, 2.45) is 0 Å². The zero-order chi connectivity index (χ0) is 40.0. The van der Waals surface area contributed by atoms with Gasteiger partial charge in [-0.25, -0.2) is 0 Å². The summed E-state index contributed by atoms with van der Waals surface area (Å²) in [7, 11) is 0. The van der Waals surface area contributed by atoms with Crippen molar-refractivity contribution in [1.29, 1.82) is 0 Å². The van der Waals surface area contributed by atoms with Crippen LogP contribution in [-0.4, -0.2) is 0 Å². The summed E-state index contributed by atoms with van der Waals surface area (Å²) in [5.74, 6) is 0. The molecule has 0 fully saturated rings. The topological polar surface area (TPSA) is 3.24 Å². The lowest BCUT2D eigenvalue weighted by Crippen LogP contribution is -2.28. The van der Waals surface area contributed by atoms with Gasteiger partial charge in [-0.05, 0) is 85.5 Å². The molecule has 2 aliphatic rings. The fourth-order valence-electron chi connectivity index (χ4n) is 10.7. The Morgan fingerprint density at radius 2 is 0.867 bits per heavy atom. The van der Waals surface area contributed by atoms with E-state index < -0.39 is 5.41 Å². The van der Waals surface area contributed by atoms with Gasteiger partial charge in [-0.15, -0.1) is 11.3 Å². The Balaban J connectivity index is 1.15. The van der Waals surface area contributed by atoms with E-state index in [4.69, 9.17) is 0 Å². The van der Waals surface area contributed by atoms with Crippen LogP contribution in [0.1, 0.15) is 47.2 Å². The summed E-state index contributed by atoms with van der Waals surface area (Å²) < 4.78 is 2.59. The van der Waals surface area contributed by atoms with Crippen LogP contribution in [0.25, 0.3) is 53.6 Å². The Labute approximate surface area is 355 Å². The zero-order valence-corrected chi connectivity index (χ0v) is 34.4. The SMILES string of the molecule is CC1(C)c2ccccc2-c2c(N(c3ccc(-c4ccccc4)cc3)c3cccc4c3sc3c(C5(c6ccccc6)c6ccccc6-c6ccccc65)cccc34)cccc21. The molecule has 0 N–H and O–H groups in total. The first-order valence-corrected chi connectivity index (χ1v) is 21.8. The lowest BCUT2D eigenvalue weighted by Gasteiger charge is -2.34. The van der Waals surface area contributed by atoms with Crippen molar-refractivity contribution in [3.63, 3.8) is 0 Å². The Kier molecular flexibility index (Phi) is 7.73. The summed E-state index contributed by atoms with van der Waals surface area (Å²) >= 11 is 1.94. The maximum Gasteiger partial charge on any atom is 0.0727 e. The first-order valence-electron chi connectivity index (χ1n) is 20.9. The lowest BCUT2D eigenvalue weighted by atomic mass is 9.67. The quantitative estimate of drug-likeness (QED) is 0.162. The van der Waals surface area contributed by atoms with Crippen molar-refractivity contribution < 1.29 is 0 Å². The summed E-state index contributed by atoms with van der Waals surface area (Å²) in [6, 6.07) is 79.0. The van der Waals surface area contributed by atoms with Crippen molar-refractivity contribution in [1.82, 2.24) is 0 Å². The predicted molar refractivity (Wildman–Crippen MR) is 254 cm³/mol. The van der Waals surface area contributed by atoms with Crippen molar-refractivity contribution in [2.45, 2.75) is 24.7 Å². The van der Waals surface area contributed by atoms with E-state index in [0.29, 0.717) is 0 Å². The summed E-state index contributed by atoms with van der Waals surface area (Å²) in [5.41, 5.74) is 18.6. The highest BCUT2D eigenvalue weighted by molar-refractivity contribution is 7.26. The molecule has 12 rings (SSSR count). The molecule has 0 saturated carbocycles. The van der Waals surface area contributed by atoms with Gasteiger partial charge in [0, 0.05) is 32.1 Å². The number of hydrogen-bond acceptors (Lipinski definition) is 2. The van der Waals surface area contributed by atoms with E-state index in [1.54, 1.807) is 0 Å². The third kappa shape index (κ3) is 4.86. The van der Waals surface area contributed by atoms with Crippen LogP contribution in [0.4, 0.5) is 17.1 Å². The van der Waals surface area contributed by atoms with Gasteiger partial charge in [0.2, 0.25) is 0 Å². The maximum absolute atomic E-state index is 2.54.